The molecule has 6 heteroatoms. The van der Waals surface area contributed by atoms with E-state index >= 15 is 0 Å². The number of pyridine rings is 1. The van der Waals surface area contributed by atoms with E-state index in [-0.39, 0.29) is 6.29 Å². The van der Waals surface area contributed by atoms with Crippen LogP contribution in [0.15, 0.2) is 6.20 Å². The summed E-state index contributed by atoms with van der Waals surface area (Å²) in [6.45, 7) is 0. The number of rotatable bonds is 2. The van der Waals surface area contributed by atoms with Crippen LogP contribution in [0, 0.1) is 5.82 Å². The summed E-state index contributed by atoms with van der Waals surface area (Å²) < 4.78 is 37.2. The minimum absolute atomic E-state index is 0.105. The molecule has 0 fully saturated rings. The van der Waals surface area contributed by atoms with Gasteiger partial charge in [0.2, 0.25) is 0 Å². The zero-order valence-electron chi connectivity index (χ0n) is 6.30. The average molecular weight is 190 g/mol. The van der Waals surface area contributed by atoms with Gasteiger partial charge in [-0.25, -0.2) is 18.2 Å². The van der Waals surface area contributed by atoms with Crippen LogP contribution in [0.25, 0.3) is 0 Å². The van der Waals surface area contributed by atoms with Gasteiger partial charge in [-0.15, -0.1) is 0 Å². The normalized spacial score (nSPS) is 10.5. The summed E-state index contributed by atoms with van der Waals surface area (Å²) in [7, 11) is 0. The highest BCUT2D eigenvalue weighted by atomic mass is 19.3. The number of aromatic nitrogens is 1. The number of nitrogens with two attached hydrogens (primary N) is 1. The summed E-state index contributed by atoms with van der Waals surface area (Å²) in [5.74, 6) is -1.91. The molecule has 0 aliphatic heterocycles. The summed E-state index contributed by atoms with van der Waals surface area (Å²) >= 11 is 0. The first kappa shape index (κ1) is 9.50. The van der Waals surface area contributed by atoms with Gasteiger partial charge in [-0.05, 0) is 0 Å². The number of aldehydes is 1. The Morgan fingerprint density at radius 1 is 1.54 bits per heavy atom. The highest BCUT2D eigenvalue weighted by molar-refractivity contribution is 5.75. The zero-order valence-corrected chi connectivity index (χ0v) is 6.30. The molecular weight excluding hydrogens is 185 g/mol. The minimum atomic E-state index is -3.08. The van der Waals surface area contributed by atoms with Crippen LogP contribution in [0.5, 0.6) is 0 Å². The average Bonchev–Trinajstić information content (AvgIpc) is 2.04. The molecule has 0 amide bonds. The Bertz CT molecular complexity index is 341. The predicted molar refractivity (Wildman–Crippen MR) is 39.0 cm³/mol. The second-order valence-electron chi connectivity index (χ2n) is 2.24. The topological polar surface area (TPSA) is 56.0 Å². The molecule has 1 rings (SSSR count). The standard InChI is InChI=1S/C7H5F3N2O/c8-5-3(2-13)1-12-7(11)4(5)6(9)10/h1-2,6H,(H2,11,12). The van der Waals surface area contributed by atoms with Crippen LogP contribution in [0.1, 0.15) is 22.3 Å². The van der Waals surface area contributed by atoms with Gasteiger partial charge < -0.3 is 5.73 Å². The molecule has 1 heterocycles. The monoisotopic (exact) mass is 190 g/mol. The summed E-state index contributed by atoms with van der Waals surface area (Å²) in [4.78, 5) is 13.4. The molecule has 3 nitrogen and oxygen atoms in total. The molecule has 70 valence electrons. The Morgan fingerprint density at radius 2 is 2.15 bits per heavy atom. The Morgan fingerprint density at radius 3 is 2.62 bits per heavy atom. The molecule has 0 saturated heterocycles. The van der Waals surface area contributed by atoms with Crippen LogP contribution in [-0.2, 0) is 0 Å². The van der Waals surface area contributed by atoms with Gasteiger partial charge in [-0.1, -0.05) is 0 Å². The molecular formula is C7H5F3N2O. The molecule has 2 N–H and O–H groups in total. The van der Waals surface area contributed by atoms with Crippen molar-refractivity contribution in [1.82, 2.24) is 4.98 Å². The first-order valence-corrected chi connectivity index (χ1v) is 3.25. The van der Waals surface area contributed by atoms with Crippen LogP contribution < -0.4 is 5.73 Å². The van der Waals surface area contributed by atoms with Crippen molar-refractivity contribution in [3.05, 3.63) is 23.1 Å². The molecule has 0 saturated carbocycles. The summed E-state index contributed by atoms with van der Waals surface area (Å²) in [5, 5.41) is 0. The number of carbonyl (C=O) groups is 1. The predicted octanol–water partition coefficient (Wildman–Crippen LogP) is 1.55. The number of hydrogen-bond donors (Lipinski definition) is 1. The van der Waals surface area contributed by atoms with Gasteiger partial charge >= 0.3 is 0 Å². The lowest BCUT2D eigenvalue weighted by Gasteiger charge is -2.05. The molecule has 0 aliphatic rings. The third kappa shape index (κ3) is 1.61. The number of anilines is 1. The van der Waals surface area contributed by atoms with Crippen LogP contribution in [-0.4, -0.2) is 11.3 Å². The third-order valence-electron chi connectivity index (χ3n) is 1.45. The summed E-state index contributed by atoms with van der Waals surface area (Å²) in [5.41, 5.74) is 3.45. The van der Waals surface area contributed by atoms with E-state index in [1.54, 1.807) is 0 Å². The van der Waals surface area contributed by atoms with Crippen molar-refractivity contribution in [3.63, 3.8) is 0 Å². The maximum Gasteiger partial charge on any atom is 0.270 e. The quantitative estimate of drug-likeness (QED) is 0.720. The molecule has 0 bridgehead atoms. The van der Waals surface area contributed by atoms with Gasteiger partial charge in [0.25, 0.3) is 6.43 Å². The first-order valence-electron chi connectivity index (χ1n) is 3.25. The molecule has 0 aromatic carbocycles. The maximum atomic E-state index is 13.0. The van der Waals surface area contributed by atoms with Crippen molar-refractivity contribution in [2.75, 3.05) is 5.73 Å². The molecule has 0 radical (unpaired) electrons. The molecule has 0 spiro atoms. The Hall–Kier alpha value is -1.59. The molecule has 0 aliphatic carbocycles. The highest BCUT2D eigenvalue weighted by Crippen LogP contribution is 2.27. The van der Waals surface area contributed by atoms with Crippen molar-refractivity contribution in [3.8, 4) is 0 Å². The van der Waals surface area contributed by atoms with E-state index in [1.807, 2.05) is 0 Å². The fraction of sp³-hybridized carbons (Fsp3) is 0.143. The second-order valence-corrected chi connectivity index (χ2v) is 2.24. The van der Waals surface area contributed by atoms with Crippen LogP contribution in [0.3, 0.4) is 0 Å². The number of halogens is 3. The van der Waals surface area contributed by atoms with Gasteiger partial charge in [0.05, 0.1) is 11.1 Å². The van der Waals surface area contributed by atoms with Crippen LogP contribution in [0.4, 0.5) is 19.0 Å². The Balaban J connectivity index is 3.38. The van der Waals surface area contributed by atoms with Gasteiger partial charge in [0, 0.05) is 6.20 Å². The third-order valence-corrected chi connectivity index (χ3v) is 1.45. The molecule has 1 aromatic heterocycles. The summed E-state index contributed by atoms with van der Waals surface area (Å²) in [6.07, 6.45) is -2.16. The van der Waals surface area contributed by atoms with Gasteiger partial charge in [-0.3, -0.25) is 4.79 Å². The van der Waals surface area contributed by atoms with Gasteiger partial charge in [0.1, 0.15) is 11.6 Å². The highest BCUT2D eigenvalue weighted by Gasteiger charge is 2.20. The van der Waals surface area contributed by atoms with Gasteiger partial charge in [-0.2, -0.15) is 0 Å². The van der Waals surface area contributed by atoms with Crippen molar-refractivity contribution >= 4 is 12.1 Å². The Labute approximate surface area is 71.4 Å². The lowest BCUT2D eigenvalue weighted by molar-refractivity contribution is 0.111. The lowest BCUT2D eigenvalue weighted by atomic mass is 10.2. The van der Waals surface area contributed by atoms with E-state index < -0.39 is 29.2 Å². The fourth-order valence-electron chi connectivity index (χ4n) is 0.823. The van der Waals surface area contributed by atoms with E-state index in [2.05, 4.69) is 4.98 Å². The number of nitrogens with zero attached hydrogens (tertiary/aromatic N) is 1. The second kappa shape index (κ2) is 3.42. The minimum Gasteiger partial charge on any atom is -0.383 e. The zero-order chi connectivity index (χ0) is 10.0. The van der Waals surface area contributed by atoms with Crippen LogP contribution >= 0.6 is 0 Å². The first-order chi connectivity index (χ1) is 6.07. The fourth-order valence-corrected chi connectivity index (χ4v) is 0.823. The van der Waals surface area contributed by atoms with Crippen molar-refractivity contribution in [2.24, 2.45) is 0 Å². The van der Waals surface area contributed by atoms with Crippen molar-refractivity contribution in [2.45, 2.75) is 6.43 Å². The molecule has 0 unspecified atom stereocenters. The van der Waals surface area contributed by atoms with E-state index in [0.717, 1.165) is 6.20 Å². The molecule has 0 atom stereocenters. The number of carbonyl (C=O) groups excluding carboxylic acids is 1. The van der Waals surface area contributed by atoms with E-state index in [9.17, 15) is 18.0 Å². The number of alkyl halides is 2. The number of nitrogen functional groups attached to an aromatic ring is 1. The molecule has 1 aromatic rings. The van der Waals surface area contributed by atoms with Crippen molar-refractivity contribution in [1.29, 1.82) is 0 Å². The van der Waals surface area contributed by atoms with Crippen molar-refractivity contribution < 1.29 is 18.0 Å². The van der Waals surface area contributed by atoms with E-state index in [0.29, 0.717) is 0 Å². The Kier molecular flexibility index (Phi) is 2.50. The lowest BCUT2D eigenvalue weighted by Crippen LogP contribution is -2.04. The maximum absolute atomic E-state index is 13.0. The smallest absolute Gasteiger partial charge is 0.270 e. The van der Waals surface area contributed by atoms with E-state index in [1.165, 1.54) is 0 Å². The number of hydrogen-bond acceptors (Lipinski definition) is 3. The van der Waals surface area contributed by atoms with E-state index in [4.69, 9.17) is 5.73 Å². The molecule has 13 heavy (non-hydrogen) atoms. The largest absolute Gasteiger partial charge is 0.383 e. The van der Waals surface area contributed by atoms with Gasteiger partial charge in [0.15, 0.2) is 6.29 Å². The van der Waals surface area contributed by atoms with Crippen LogP contribution in [0.2, 0.25) is 0 Å². The summed E-state index contributed by atoms with van der Waals surface area (Å²) in [6, 6.07) is 0. The SMILES string of the molecule is Nc1ncc(C=O)c(F)c1C(F)F.